The number of aromatic amines is 1. The summed E-state index contributed by atoms with van der Waals surface area (Å²) in [6, 6.07) is 13.1. The van der Waals surface area contributed by atoms with Crippen LogP contribution in [0.25, 0.3) is 11.0 Å². The van der Waals surface area contributed by atoms with Crippen LogP contribution in [-0.4, -0.2) is 31.9 Å². The third kappa shape index (κ3) is 5.78. The molecule has 1 amide bonds. The topological polar surface area (TPSA) is 108 Å². The highest BCUT2D eigenvalue weighted by atomic mass is 19.4. The maximum Gasteiger partial charge on any atom is 0.421 e. The van der Waals surface area contributed by atoms with Crippen molar-refractivity contribution in [1.29, 1.82) is 0 Å². The van der Waals surface area contributed by atoms with Gasteiger partial charge in [0.25, 0.3) is 0 Å². The zero-order chi connectivity index (χ0) is 28.4. The second-order valence-corrected chi connectivity index (χ2v) is 10.0. The molecule has 0 radical (unpaired) electrons. The van der Waals surface area contributed by atoms with Crippen LogP contribution in [0.3, 0.4) is 0 Å². The number of carbonyl (C=O) groups excluding carboxylic acids is 1. The number of para-hydroxylation sites is 2. The van der Waals surface area contributed by atoms with E-state index >= 15 is 0 Å². The third-order valence-electron chi connectivity index (χ3n) is 7.16. The molecule has 1 aliphatic carbocycles. The van der Waals surface area contributed by atoms with E-state index in [0.29, 0.717) is 30.1 Å². The van der Waals surface area contributed by atoms with Gasteiger partial charge in [0.15, 0.2) is 0 Å². The molecule has 0 saturated heterocycles. The molecule has 4 aromatic rings. The molecule has 0 atom stereocenters. The maximum absolute atomic E-state index is 13.9. The van der Waals surface area contributed by atoms with Crippen LogP contribution in [0, 0.1) is 11.8 Å². The Morgan fingerprint density at radius 3 is 2.52 bits per heavy atom. The number of nitrogens with zero attached hydrogens (tertiary/aromatic N) is 3. The van der Waals surface area contributed by atoms with E-state index < -0.39 is 23.6 Å². The number of imidazole rings is 1. The van der Waals surface area contributed by atoms with Crippen molar-refractivity contribution in [1.82, 2.24) is 15.0 Å². The number of ether oxygens (including phenoxy) is 1. The summed E-state index contributed by atoms with van der Waals surface area (Å²) in [6.45, 7) is 2.12. The molecular weight excluding hydrogens is 525 g/mol. The molecule has 0 unspecified atom stereocenters. The Bertz CT molecular complexity index is 1510. The van der Waals surface area contributed by atoms with Gasteiger partial charge in [0.2, 0.25) is 11.8 Å². The van der Waals surface area contributed by atoms with Crippen LogP contribution in [0.2, 0.25) is 0 Å². The molecule has 8 nitrogen and oxygen atoms in total. The number of hydrogen-bond acceptors (Lipinski definition) is 5. The Morgan fingerprint density at radius 2 is 1.82 bits per heavy atom. The van der Waals surface area contributed by atoms with E-state index in [1.807, 2.05) is 24.3 Å². The fourth-order valence-corrected chi connectivity index (χ4v) is 5.02. The highest BCUT2D eigenvalue weighted by molar-refractivity contribution is 6.03. The molecule has 11 heteroatoms. The summed E-state index contributed by atoms with van der Waals surface area (Å²) in [5.74, 6) is -1.77. The van der Waals surface area contributed by atoms with Crippen molar-refractivity contribution in [2.24, 2.45) is 11.8 Å². The maximum atomic E-state index is 13.9. The molecule has 0 aliphatic heterocycles. The van der Waals surface area contributed by atoms with Crippen molar-refractivity contribution in [2.75, 3.05) is 4.90 Å². The SMILES string of the molecule is CC1CCC(C(=O)N(Cc2nc3ccccc3[nH]2)c2ccc(Oc3ncccc3C(F)(F)F)cc2C(=O)O)CC1. The number of H-pyrrole nitrogens is 1. The fraction of sp³-hybridized carbons (Fsp3) is 0.310. The molecule has 208 valence electrons. The number of halogens is 3. The summed E-state index contributed by atoms with van der Waals surface area (Å²) in [6.07, 6.45) is -0.430. The lowest BCUT2D eigenvalue weighted by Crippen LogP contribution is -2.38. The number of carboxylic acids is 1. The van der Waals surface area contributed by atoms with Gasteiger partial charge in [-0.05, 0) is 74.1 Å². The Labute approximate surface area is 227 Å². The van der Waals surface area contributed by atoms with Gasteiger partial charge in [0, 0.05) is 12.1 Å². The van der Waals surface area contributed by atoms with E-state index in [-0.39, 0.29) is 35.4 Å². The van der Waals surface area contributed by atoms with Gasteiger partial charge in [0.05, 0.1) is 28.8 Å². The van der Waals surface area contributed by atoms with Crippen LogP contribution in [0.5, 0.6) is 11.6 Å². The summed E-state index contributed by atoms with van der Waals surface area (Å²) >= 11 is 0. The minimum absolute atomic E-state index is 0.0154. The zero-order valence-electron chi connectivity index (χ0n) is 21.6. The molecule has 2 N–H and O–H groups in total. The molecule has 0 spiro atoms. The molecule has 2 aromatic heterocycles. The monoisotopic (exact) mass is 552 g/mol. The van der Waals surface area contributed by atoms with Crippen LogP contribution >= 0.6 is 0 Å². The average molecular weight is 553 g/mol. The molecule has 40 heavy (non-hydrogen) atoms. The smallest absolute Gasteiger partial charge is 0.421 e. The van der Waals surface area contributed by atoms with Gasteiger partial charge in [-0.3, -0.25) is 4.79 Å². The first kappa shape index (κ1) is 27.2. The standard InChI is InChI=1S/C29H27F3N4O4/c1-17-8-10-18(11-9-17)27(37)36(16-25-34-22-6-2-3-7-23(22)35-25)24-13-12-19(15-20(24)28(38)39)40-26-21(29(30,31)32)5-4-14-33-26/h2-7,12-15,17-18H,8-11,16H2,1H3,(H,34,35)(H,38,39). The van der Waals surface area contributed by atoms with Gasteiger partial charge >= 0.3 is 12.1 Å². The van der Waals surface area contributed by atoms with Crippen LogP contribution in [0.1, 0.15) is 54.4 Å². The molecule has 0 bridgehead atoms. The largest absolute Gasteiger partial charge is 0.478 e. The summed E-state index contributed by atoms with van der Waals surface area (Å²) < 4.78 is 45.7. The number of benzene rings is 2. The number of nitrogens with one attached hydrogen (secondary N) is 1. The number of hydrogen-bond donors (Lipinski definition) is 2. The van der Waals surface area contributed by atoms with E-state index in [4.69, 9.17) is 4.74 Å². The van der Waals surface area contributed by atoms with Crippen molar-refractivity contribution in [2.45, 2.75) is 45.3 Å². The van der Waals surface area contributed by atoms with Crippen molar-refractivity contribution >= 4 is 28.6 Å². The van der Waals surface area contributed by atoms with E-state index in [9.17, 15) is 27.9 Å². The van der Waals surface area contributed by atoms with Crippen molar-refractivity contribution in [3.8, 4) is 11.6 Å². The van der Waals surface area contributed by atoms with Crippen LogP contribution in [0.4, 0.5) is 18.9 Å². The van der Waals surface area contributed by atoms with E-state index in [2.05, 4.69) is 21.9 Å². The minimum Gasteiger partial charge on any atom is -0.478 e. The highest BCUT2D eigenvalue weighted by Gasteiger charge is 2.36. The van der Waals surface area contributed by atoms with E-state index in [0.717, 1.165) is 42.8 Å². The van der Waals surface area contributed by atoms with E-state index in [1.165, 1.54) is 17.0 Å². The number of amides is 1. The first-order valence-corrected chi connectivity index (χ1v) is 12.9. The first-order valence-electron chi connectivity index (χ1n) is 12.9. The normalized spacial score (nSPS) is 17.5. The Morgan fingerprint density at radius 1 is 1.07 bits per heavy atom. The number of aromatic nitrogens is 3. The molecule has 5 rings (SSSR count). The van der Waals surface area contributed by atoms with Crippen molar-refractivity contribution in [3.63, 3.8) is 0 Å². The van der Waals surface area contributed by atoms with Gasteiger partial charge in [-0.1, -0.05) is 19.1 Å². The Balaban J connectivity index is 1.52. The second-order valence-electron chi connectivity index (χ2n) is 10.0. The second kappa shape index (κ2) is 11.0. The van der Waals surface area contributed by atoms with Gasteiger partial charge in [-0.25, -0.2) is 14.8 Å². The number of carbonyl (C=O) groups is 2. The number of aromatic carboxylic acids is 1. The van der Waals surface area contributed by atoms with Crippen molar-refractivity contribution < 1.29 is 32.6 Å². The van der Waals surface area contributed by atoms with Gasteiger partial charge < -0.3 is 19.7 Å². The number of carboxylic acid groups (broad SMARTS) is 1. The predicted molar refractivity (Wildman–Crippen MR) is 141 cm³/mol. The lowest BCUT2D eigenvalue weighted by Gasteiger charge is -2.31. The molecule has 1 aliphatic rings. The van der Waals surface area contributed by atoms with Crippen molar-refractivity contribution in [3.05, 3.63) is 77.7 Å². The van der Waals surface area contributed by atoms with Crippen LogP contribution < -0.4 is 9.64 Å². The first-order chi connectivity index (χ1) is 19.1. The van der Waals surface area contributed by atoms with Crippen LogP contribution in [-0.2, 0) is 17.5 Å². The number of pyridine rings is 1. The van der Waals surface area contributed by atoms with Gasteiger partial charge in [0.1, 0.15) is 17.1 Å². The average Bonchev–Trinajstić information content (AvgIpc) is 3.34. The molecular formula is C29H27F3N4O4. The number of anilines is 1. The van der Waals surface area contributed by atoms with Gasteiger partial charge in [-0.15, -0.1) is 0 Å². The van der Waals surface area contributed by atoms with Crippen LogP contribution in [0.15, 0.2) is 60.8 Å². The summed E-state index contributed by atoms with van der Waals surface area (Å²) in [4.78, 5) is 39.1. The number of rotatable bonds is 7. The summed E-state index contributed by atoms with van der Waals surface area (Å²) in [5, 5.41) is 10.1. The lowest BCUT2D eigenvalue weighted by atomic mass is 9.82. The number of fused-ring (bicyclic) bond motifs is 1. The van der Waals surface area contributed by atoms with E-state index in [1.54, 1.807) is 0 Å². The molecule has 1 saturated carbocycles. The molecule has 2 aromatic carbocycles. The minimum atomic E-state index is -4.72. The summed E-state index contributed by atoms with van der Waals surface area (Å²) in [7, 11) is 0. The number of alkyl halides is 3. The Hall–Kier alpha value is -4.41. The highest BCUT2D eigenvalue weighted by Crippen LogP contribution is 2.38. The molecule has 1 fully saturated rings. The molecule has 2 heterocycles. The van der Waals surface area contributed by atoms with Gasteiger partial charge in [-0.2, -0.15) is 13.2 Å². The summed E-state index contributed by atoms with van der Waals surface area (Å²) in [5.41, 5.74) is 0.185. The third-order valence-corrected chi connectivity index (χ3v) is 7.16. The predicted octanol–water partition coefficient (Wildman–Crippen LogP) is 6.83. The zero-order valence-corrected chi connectivity index (χ0v) is 21.6. The lowest BCUT2D eigenvalue weighted by molar-refractivity contribution is -0.138. The Kier molecular flexibility index (Phi) is 7.46. The quantitative estimate of drug-likeness (QED) is 0.260. The fourth-order valence-electron chi connectivity index (χ4n) is 5.02.